The summed E-state index contributed by atoms with van der Waals surface area (Å²) in [6.45, 7) is 5.34. The second kappa shape index (κ2) is 9.24. The van der Waals surface area contributed by atoms with E-state index in [1.165, 1.54) is 6.92 Å². The van der Waals surface area contributed by atoms with Gasteiger partial charge in [0.2, 0.25) is 5.91 Å². The molecule has 8 nitrogen and oxygen atoms in total. The van der Waals surface area contributed by atoms with Crippen LogP contribution < -0.4 is 16.0 Å². The lowest BCUT2D eigenvalue weighted by Crippen LogP contribution is -2.20. The van der Waals surface area contributed by atoms with Crippen LogP contribution in [0.15, 0.2) is 61.1 Å². The molecule has 4 aromatic rings. The third-order valence-corrected chi connectivity index (χ3v) is 4.82. The smallest absolute Gasteiger partial charge is 0.323 e. The van der Waals surface area contributed by atoms with Crippen LogP contribution in [0.3, 0.4) is 0 Å². The number of hydrogen-bond donors (Lipinski definition) is 3. The number of urea groups is 1. The SMILES string of the molecule is CC(=O)Nc1cccn2c(C#Cc3cc(NC(=O)Nc4cc(C)ccn4)ccc3C)cnc12. The Labute approximate surface area is 191 Å². The predicted octanol–water partition coefficient (Wildman–Crippen LogP) is 4.35. The molecular weight excluding hydrogens is 416 g/mol. The summed E-state index contributed by atoms with van der Waals surface area (Å²) < 4.78 is 1.82. The Morgan fingerprint density at radius 3 is 2.61 bits per heavy atom. The van der Waals surface area contributed by atoms with Crippen molar-refractivity contribution in [2.24, 2.45) is 0 Å². The Morgan fingerprint density at radius 1 is 0.970 bits per heavy atom. The highest BCUT2D eigenvalue weighted by molar-refractivity contribution is 5.99. The molecule has 0 spiro atoms. The van der Waals surface area contributed by atoms with Crippen molar-refractivity contribution >= 4 is 34.8 Å². The molecule has 0 aliphatic rings. The van der Waals surface area contributed by atoms with E-state index in [9.17, 15) is 9.59 Å². The first kappa shape index (κ1) is 21.6. The molecule has 3 N–H and O–H groups in total. The first-order valence-electron chi connectivity index (χ1n) is 10.3. The lowest BCUT2D eigenvalue weighted by atomic mass is 10.1. The number of nitrogens with zero attached hydrogens (tertiary/aromatic N) is 3. The highest BCUT2D eigenvalue weighted by atomic mass is 16.2. The molecule has 0 aliphatic heterocycles. The number of aromatic nitrogens is 3. The largest absolute Gasteiger partial charge is 0.324 e. The first-order chi connectivity index (χ1) is 15.9. The maximum absolute atomic E-state index is 12.3. The molecule has 1 aromatic carbocycles. The van der Waals surface area contributed by atoms with Gasteiger partial charge in [0.25, 0.3) is 0 Å². The summed E-state index contributed by atoms with van der Waals surface area (Å²) in [6.07, 6.45) is 5.14. The van der Waals surface area contributed by atoms with Crippen LogP contribution in [0.1, 0.15) is 29.3 Å². The molecule has 0 saturated carbocycles. The molecule has 0 atom stereocenters. The van der Waals surface area contributed by atoms with Crippen molar-refractivity contribution in [3.05, 3.63) is 83.4 Å². The molecule has 8 heteroatoms. The van der Waals surface area contributed by atoms with E-state index >= 15 is 0 Å². The van der Waals surface area contributed by atoms with Gasteiger partial charge in [0.1, 0.15) is 11.5 Å². The minimum atomic E-state index is -0.386. The molecule has 0 saturated heterocycles. The Hall–Kier alpha value is -4.64. The number of anilines is 3. The van der Waals surface area contributed by atoms with Crippen molar-refractivity contribution in [3.8, 4) is 11.8 Å². The summed E-state index contributed by atoms with van der Waals surface area (Å²) in [5.74, 6) is 6.60. The predicted molar refractivity (Wildman–Crippen MR) is 128 cm³/mol. The molecule has 4 rings (SSSR count). The molecule has 3 heterocycles. The molecule has 0 fully saturated rings. The van der Waals surface area contributed by atoms with Crippen molar-refractivity contribution in [3.63, 3.8) is 0 Å². The summed E-state index contributed by atoms with van der Waals surface area (Å²) in [5, 5.41) is 8.30. The van der Waals surface area contributed by atoms with E-state index in [-0.39, 0.29) is 11.9 Å². The average molecular weight is 438 g/mol. The average Bonchev–Trinajstić information content (AvgIpc) is 3.18. The van der Waals surface area contributed by atoms with Gasteiger partial charge in [-0.05, 0) is 67.3 Å². The number of carbonyl (C=O) groups excluding carboxylic acids is 2. The summed E-state index contributed by atoms with van der Waals surface area (Å²) >= 11 is 0. The normalized spacial score (nSPS) is 10.3. The molecule has 3 amide bonds. The van der Waals surface area contributed by atoms with Crippen LogP contribution in [0, 0.1) is 25.7 Å². The Kier molecular flexibility index (Phi) is 6.04. The molecule has 0 radical (unpaired) electrons. The van der Waals surface area contributed by atoms with Gasteiger partial charge in [-0.25, -0.2) is 14.8 Å². The number of imidazole rings is 1. The lowest BCUT2D eigenvalue weighted by Gasteiger charge is -2.09. The molecule has 0 unspecified atom stereocenters. The fourth-order valence-corrected chi connectivity index (χ4v) is 3.24. The molecule has 0 bridgehead atoms. The zero-order valence-corrected chi connectivity index (χ0v) is 18.4. The number of carbonyl (C=O) groups is 2. The fraction of sp³-hybridized carbons (Fsp3) is 0.120. The van der Waals surface area contributed by atoms with Gasteiger partial charge in [-0.15, -0.1) is 0 Å². The zero-order valence-electron chi connectivity index (χ0n) is 18.4. The Morgan fingerprint density at radius 2 is 1.82 bits per heavy atom. The minimum Gasteiger partial charge on any atom is -0.323 e. The maximum atomic E-state index is 12.3. The van der Waals surface area contributed by atoms with Crippen LogP contribution in [0.25, 0.3) is 5.65 Å². The zero-order chi connectivity index (χ0) is 23.4. The maximum Gasteiger partial charge on any atom is 0.324 e. The summed E-state index contributed by atoms with van der Waals surface area (Å²) in [6, 6.07) is 12.4. The highest BCUT2D eigenvalue weighted by Crippen LogP contribution is 2.18. The molecule has 164 valence electrons. The fourth-order valence-electron chi connectivity index (χ4n) is 3.24. The monoisotopic (exact) mass is 438 g/mol. The third kappa shape index (κ3) is 5.17. The van der Waals surface area contributed by atoms with Gasteiger partial charge in [-0.3, -0.25) is 14.5 Å². The number of benzene rings is 1. The number of aryl methyl sites for hydroxylation is 2. The topological polar surface area (TPSA) is 100 Å². The summed E-state index contributed by atoms with van der Waals surface area (Å²) in [7, 11) is 0. The lowest BCUT2D eigenvalue weighted by molar-refractivity contribution is -0.114. The van der Waals surface area contributed by atoms with Gasteiger partial charge in [0, 0.05) is 30.6 Å². The number of amides is 3. The number of pyridine rings is 2. The van der Waals surface area contributed by atoms with Gasteiger partial charge in [0.05, 0.1) is 11.9 Å². The van der Waals surface area contributed by atoms with Gasteiger partial charge in [-0.2, -0.15) is 0 Å². The highest BCUT2D eigenvalue weighted by Gasteiger charge is 2.08. The number of fused-ring (bicyclic) bond motifs is 1. The minimum absolute atomic E-state index is 0.166. The van der Waals surface area contributed by atoms with Crippen molar-refractivity contribution in [2.45, 2.75) is 20.8 Å². The number of hydrogen-bond acceptors (Lipinski definition) is 4. The molecular formula is C25H22N6O2. The van der Waals surface area contributed by atoms with Gasteiger partial charge < -0.3 is 10.6 Å². The number of rotatable bonds is 3. The van der Waals surface area contributed by atoms with Gasteiger partial charge in [0.15, 0.2) is 5.65 Å². The van der Waals surface area contributed by atoms with Crippen LogP contribution in [0.5, 0.6) is 0 Å². The van der Waals surface area contributed by atoms with Crippen LogP contribution in [0.2, 0.25) is 0 Å². The van der Waals surface area contributed by atoms with Gasteiger partial charge in [-0.1, -0.05) is 12.0 Å². The first-order valence-corrected chi connectivity index (χ1v) is 10.3. The summed E-state index contributed by atoms with van der Waals surface area (Å²) in [4.78, 5) is 32.3. The van der Waals surface area contributed by atoms with E-state index in [4.69, 9.17) is 0 Å². The van der Waals surface area contributed by atoms with E-state index in [2.05, 4.69) is 37.8 Å². The van der Waals surface area contributed by atoms with Crippen LogP contribution in [0.4, 0.5) is 22.0 Å². The van der Waals surface area contributed by atoms with E-state index < -0.39 is 0 Å². The van der Waals surface area contributed by atoms with Crippen LogP contribution in [-0.2, 0) is 4.79 Å². The number of nitrogens with one attached hydrogen (secondary N) is 3. The van der Waals surface area contributed by atoms with E-state index in [0.717, 1.165) is 16.7 Å². The molecule has 0 aliphatic carbocycles. The molecule has 33 heavy (non-hydrogen) atoms. The van der Waals surface area contributed by atoms with Crippen LogP contribution >= 0.6 is 0 Å². The van der Waals surface area contributed by atoms with Crippen molar-refractivity contribution in [1.82, 2.24) is 14.4 Å². The Balaban J connectivity index is 1.55. The quantitative estimate of drug-likeness (QED) is 0.414. The second-order valence-corrected chi connectivity index (χ2v) is 7.52. The second-order valence-electron chi connectivity index (χ2n) is 7.52. The summed E-state index contributed by atoms with van der Waals surface area (Å²) in [5.41, 5.74) is 5.28. The van der Waals surface area contributed by atoms with E-state index in [1.54, 1.807) is 24.5 Å². The molecule has 3 aromatic heterocycles. The van der Waals surface area contributed by atoms with E-state index in [0.29, 0.717) is 28.5 Å². The van der Waals surface area contributed by atoms with E-state index in [1.807, 2.05) is 54.8 Å². The van der Waals surface area contributed by atoms with Crippen molar-refractivity contribution < 1.29 is 9.59 Å². The van der Waals surface area contributed by atoms with Crippen LogP contribution in [-0.4, -0.2) is 26.3 Å². The third-order valence-electron chi connectivity index (χ3n) is 4.82. The van der Waals surface area contributed by atoms with Gasteiger partial charge >= 0.3 is 6.03 Å². The standard InChI is InChI=1S/C25H22N6O2/c1-16-10-11-26-23(13-16)30-25(33)29-20-8-6-17(2)19(14-20)7-9-21-15-27-24-22(28-18(3)32)5-4-12-31(21)24/h4-6,8,10-15H,1-3H3,(H,28,32)(H2,26,29,30,33). The van der Waals surface area contributed by atoms with Crippen molar-refractivity contribution in [2.75, 3.05) is 16.0 Å². The Bertz CT molecular complexity index is 1430. The van der Waals surface area contributed by atoms with Crippen molar-refractivity contribution in [1.29, 1.82) is 0 Å².